The lowest BCUT2D eigenvalue weighted by Gasteiger charge is -2.08. The Hall–Kier alpha value is -2.47. The van der Waals surface area contributed by atoms with E-state index in [1.54, 1.807) is 12.1 Å². The normalized spacial score (nSPS) is 11.6. The van der Waals surface area contributed by atoms with Gasteiger partial charge in [-0.1, -0.05) is 0 Å². The van der Waals surface area contributed by atoms with E-state index >= 15 is 0 Å². The summed E-state index contributed by atoms with van der Waals surface area (Å²) in [5, 5.41) is 10.2. The molecule has 0 fully saturated rings. The Morgan fingerprint density at radius 1 is 0.950 bits per heavy atom. The van der Waals surface area contributed by atoms with Gasteiger partial charge in [-0.05, 0) is 36.4 Å². The van der Waals surface area contributed by atoms with Gasteiger partial charge in [-0.3, -0.25) is 9.97 Å². The van der Waals surface area contributed by atoms with Gasteiger partial charge < -0.3 is 5.11 Å². The average molecular weight is 286 g/mol. The van der Waals surface area contributed by atoms with Crippen molar-refractivity contribution in [2.75, 3.05) is 0 Å². The Morgan fingerprint density at radius 3 is 2.45 bits per heavy atom. The molecule has 0 amide bonds. The van der Waals surface area contributed by atoms with E-state index in [0.717, 1.165) is 0 Å². The number of aromatic nitrogens is 2. The first kappa shape index (κ1) is 12.6. The minimum atomic E-state index is -3.67. The van der Waals surface area contributed by atoms with Crippen LogP contribution in [-0.4, -0.2) is 23.5 Å². The standard InChI is InChI=1S/C14H10N2O3S/c17-12-3-4-13(11-2-1-7-16-14(11)12)20(18,19)10-5-8-15-9-6-10/h1-9,17H. The molecule has 0 aliphatic rings. The molecule has 0 saturated carbocycles. The zero-order chi connectivity index (χ0) is 14.2. The number of benzene rings is 1. The molecule has 1 aromatic carbocycles. The van der Waals surface area contributed by atoms with Gasteiger partial charge in [-0.15, -0.1) is 0 Å². The summed E-state index contributed by atoms with van der Waals surface area (Å²) >= 11 is 0. The lowest BCUT2D eigenvalue weighted by atomic mass is 10.2. The fourth-order valence-electron chi connectivity index (χ4n) is 2.01. The van der Waals surface area contributed by atoms with Gasteiger partial charge in [0.1, 0.15) is 11.3 Å². The summed E-state index contributed by atoms with van der Waals surface area (Å²) in [5.41, 5.74) is 0.266. The molecule has 0 bridgehead atoms. The fourth-order valence-corrected chi connectivity index (χ4v) is 3.45. The third kappa shape index (κ3) is 1.90. The maximum absolute atomic E-state index is 12.6. The van der Waals surface area contributed by atoms with Crippen molar-refractivity contribution in [3.63, 3.8) is 0 Å². The smallest absolute Gasteiger partial charge is 0.207 e. The maximum atomic E-state index is 12.6. The SMILES string of the molecule is O=S(=O)(c1ccncc1)c1ccc(O)c2ncccc12. The molecule has 0 spiro atoms. The van der Waals surface area contributed by atoms with Crippen LogP contribution in [0.25, 0.3) is 10.9 Å². The van der Waals surface area contributed by atoms with Crippen LogP contribution in [0.2, 0.25) is 0 Å². The molecular formula is C14H10N2O3S. The molecular weight excluding hydrogens is 276 g/mol. The number of aromatic hydroxyl groups is 1. The van der Waals surface area contributed by atoms with Crippen molar-refractivity contribution in [3.8, 4) is 5.75 Å². The Labute approximate surface area is 115 Å². The van der Waals surface area contributed by atoms with Gasteiger partial charge in [0.2, 0.25) is 9.84 Å². The number of rotatable bonds is 2. The quantitative estimate of drug-likeness (QED) is 0.781. The minimum Gasteiger partial charge on any atom is -0.506 e. The van der Waals surface area contributed by atoms with Crippen LogP contribution in [0.4, 0.5) is 0 Å². The second-order valence-electron chi connectivity index (χ2n) is 4.17. The van der Waals surface area contributed by atoms with Crippen LogP contribution >= 0.6 is 0 Å². The van der Waals surface area contributed by atoms with Crippen LogP contribution in [0.1, 0.15) is 0 Å². The van der Waals surface area contributed by atoms with Gasteiger partial charge in [0, 0.05) is 24.0 Å². The first-order valence-corrected chi connectivity index (χ1v) is 7.31. The maximum Gasteiger partial charge on any atom is 0.207 e. The predicted molar refractivity (Wildman–Crippen MR) is 73.1 cm³/mol. The van der Waals surface area contributed by atoms with Crippen LogP contribution < -0.4 is 0 Å². The molecule has 0 aliphatic heterocycles. The lowest BCUT2D eigenvalue weighted by Crippen LogP contribution is -2.03. The summed E-state index contributed by atoms with van der Waals surface area (Å²) in [6, 6.07) is 8.84. The van der Waals surface area contributed by atoms with E-state index < -0.39 is 9.84 Å². The van der Waals surface area contributed by atoms with Crippen LogP contribution in [0.3, 0.4) is 0 Å². The van der Waals surface area contributed by atoms with Crippen molar-refractivity contribution in [1.82, 2.24) is 9.97 Å². The number of sulfone groups is 1. The topological polar surface area (TPSA) is 80.2 Å². The first-order chi connectivity index (χ1) is 9.60. The molecule has 0 unspecified atom stereocenters. The zero-order valence-electron chi connectivity index (χ0n) is 10.3. The summed E-state index contributed by atoms with van der Waals surface area (Å²) in [6.45, 7) is 0. The number of phenols is 1. The summed E-state index contributed by atoms with van der Waals surface area (Å²) in [6.07, 6.45) is 4.35. The van der Waals surface area contributed by atoms with E-state index in [9.17, 15) is 13.5 Å². The largest absolute Gasteiger partial charge is 0.506 e. The molecule has 2 aromatic heterocycles. The Morgan fingerprint density at radius 2 is 1.70 bits per heavy atom. The first-order valence-electron chi connectivity index (χ1n) is 5.82. The van der Waals surface area contributed by atoms with Crippen molar-refractivity contribution in [3.05, 3.63) is 55.0 Å². The molecule has 1 N–H and O–H groups in total. The third-order valence-electron chi connectivity index (χ3n) is 2.96. The predicted octanol–water partition coefficient (Wildman–Crippen LogP) is 2.17. The van der Waals surface area contributed by atoms with E-state index in [1.807, 2.05) is 0 Å². The highest BCUT2D eigenvalue weighted by Crippen LogP contribution is 2.31. The fraction of sp³-hybridized carbons (Fsp3) is 0. The van der Waals surface area contributed by atoms with Gasteiger partial charge in [0.25, 0.3) is 0 Å². The molecule has 3 aromatic rings. The van der Waals surface area contributed by atoms with E-state index in [-0.39, 0.29) is 21.1 Å². The molecule has 5 nitrogen and oxygen atoms in total. The molecule has 6 heteroatoms. The monoisotopic (exact) mass is 286 g/mol. The molecule has 0 aliphatic carbocycles. The van der Waals surface area contributed by atoms with Crippen LogP contribution in [0, 0.1) is 0 Å². The van der Waals surface area contributed by atoms with E-state index in [1.165, 1.54) is 42.9 Å². The van der Waals surface area contributed by atoms with E-state index in [0.29, 0.717) is 5.39 Å². The second-order valence-corrected chi connectivity index (χ2v) is 6.09. The Balaban J connectivity index is 2.34. The molecule has 100 valence electrons. The summed E-state index contributed by atoms with van der Waals surface area (Å²) in [5.74, 6) is -0.0470. The van der Waals surface area contributed by atoms with E-state index in [2.05, 4.69) is 9.97 Å². The van der Waals surface area contributed by atoms with Gasteiger partial charge in [0.15, 0.2) is 0 Å². The molecule has 0 atom stereocenters. The van der Waals surface area contributed by atoms with Gasteiger partial charge in [-0.2, -0.15) is 0 Å². The van der Waals surface area contributed by atoms with Gasteiger partial charge in [-0.25, -0.2) is 8.42 Å². The second kappa shape index (κ2) is 4.57. The summed E-state index contributed by atoms with van der Waals surface area (Å²) in [7, 11) is -3.67. The number of pyridine rings is 2. The van der Waals surface area contributed by atoms with Crippen molar-refractivity contribution >= 4 is 20.7 Å². The number of nitrogens with zero attached hydrogens (tertiary/aromatic N) is 2. The molecule has 20 heavy (non-hydrogen) atoms. The highest BCUT2D eigenvalue weighted by molar-refractivity contribution is 7.91. The molecule has 0 radical (unpaired) electrons. The van der Waals surface area contributed by atoms with Gasteiger partial charge in [0.05, 0.1) is 9.79 Å². The highest BCUT2D eigenvalue weighted by Gasteiger charge is 2.21. The number of phenolic OH excluding ortho intramolecular Hbond substituents is 1. The molecule has 3 rings (SSSR count). The van der Waals surface area contributed by atoms with Crippen molar-refractivity contribution < 1.29 is 13.5 Å². The van der Waals surface area contributed by atoms with Crippen LogP contribution in [-0.2, 0) is 9.84 Å². The summed E-state index contributed by atoms with van der Waals surface area (Å²) in [4.78, 5) is 8.11. The van der Waals surface area contributed by atoms with Gasteiger partial charge >= 0.3 is 0 Å². The molecule has 2 heterocycles. The average Bonchev–Trinajstić information content (AvgIpc) is 2.48. The van der Waals surface area contributed by atoms with Crippen molar-refractivity contribution in [2.24, 2.45) is 0 Å². The van der Waals surface area contributed by atoms with Crippen LogP contribution in [0.15, 0.2) is 64.8 Å². The van der Waals surface area contributed by atoms with E-state index in [4.69, 9.17) is 0 Å². The lowest BCUT2D eigenvalue weighted by molar-refractivity contribution is 0.480. The summed E-state index contributed by atoms with van der Waals surface area (Å²) < 4.78 is 25.2. The Bertz CT molecular complexity index is 877. The number of hydrogen-bond donors (Lipinski definition) is 1. The van der Waals surface area contributed by atoms with Crippen molar-refractivity contribution in [1.29, 1.82) is 0 Å². The zero-order valence-corrected chi connectivity index (χ0v) is 11.1. The minimum absolute atomic E-state index is 0.0470. The van der Waals surface area contributed by atoms with Crippen molar-refractivity contribution in [2.45, 2.75) is 9.79 Å². The Kier molecular flexibility index (Phi) is 2.87. The van der Waals surface area contributed by atoms with Crippen LogP contribution in [0.5, 0.6) is 5.75 Å². The third-order valence-corrected chi connectivity index (χ3v) is 4.79. The highest BCUT2D eigenvalue weighted by atomic mass is 32.2. The number of fused-ring (bicyclic) bond motifs is 1. The number of hydrogen-bond acceptors (Lipinski definition) is 5. The molecule has 0 saturated heterocycles.